The van der Waals surface area contributed by atoms with Gasteiger partial charge in [0.1, 0.15) is 5.82 Å². The van der Waals surface area contributed by atoms with Crippen LogP contribution in [-0.4, -0.2) is 33.2 Å². The van der Waals surface area contributed by atoms with Crippen molar-refractivity contribution in [2.75, 3.05) is 11.4 Å². The maximum Gasteiger partial charge on any atom is 2.00 e. The molecule has 5 rings (SSSR count). The van der Waals surface area contributed by atoms with Crippen LogP contribution in [0.15, 0.2) is 24.4 Å². The molecular weight excluding hydrogens is 427 g/mol. The molecule has 150 valence electrons. The van der Waals surface area contributed by atoms with Crippen LogP contribution in [0, 0.1) is 69.5 Å². The molecule has 1 aromatic heterocycles. The van der Waals surface area contributed by atoms with Crippen molar-refractivity contribution in [2.45, 2.75) is 6.54 Å². The van der Waals surface area contributed by atoms with E-state index in [1.54, 1.807) is 10.9 Å². The van der Waals surface area contributed by atoms with E-state index in [-0.39, 0.29) is 29.2 Å². The molecule has 6 nitrogen and oxygen atoms in total. The number of anilines is 1. The van der Waals surface area contributed by atoms with Crippen LogP contribution in [0.1, 0.15) is 16.1 Å². The Balaban J connectivity index is 0.000000376. The van der Waals surface area contributed by atoms with Crippen LogP contribution in [-0.2, 0) is 28.4 Å². The van der Waals surface area contributed by atoms with E-state index in [1.807, 2.05) is 57.8 Å². The number of nitrogens with zero attached hydrogens (tertiary/aromatic N) is 4. The zero-order valence-electron chi connectivity index (χ0n) is 15.8. The summed E-state index contributed by atoms with van der Waals surface area (Å²) in [6.45, 7) is 0.635. The van der Waals surface area contributed by atoms with Gasteiger partial charge in [0.05, 0.1) is 23.5 Å². The van der Waals surface area contributed by atoms with E-state index in [0.29, 0.717) is 12.2 Å². The van der Waals surface area contributed by atoms with Crippen molar-refractivity contribution in [3.05, 3.63) is 105 Å². The van der Waals surface area contributed by atoms with Gasteiger partial charge in [-0.25, -0.2) is 4.39 Å². The minimum absolute atomic E-state index is 0. The van der Waals surface area contributed by atoms with Crippen LogP contribution in [0.4, 0.5) is 10.1 Å². The second-order valence-corrected chi connectivity index (χ2v) is 6.45. The Labute approximate surface area is 186 Å². The van der Waals surface area contributed by atoms with Gasteiger partial charge in [-0.05, 0) is 76.0 Å². The molecule has 0 N–H and O–H groups in total. The smallest absolute Gasteiger partial charge is 0.303 e. The number of aromatic nitrogens is 3. The van der Waals surface area contributed by atoms with Crippen molar-refractivity contribution in [3.63, 3.8) is 0 Å². The van der Waals surface area contributed by atoms with Gasteiger partial charge in [-0.1, -0.05) is 5.21 Å². The first kappa shape index (κ1) is 22.6. The van der Waals surface area contributed by atoms with E-state index in [2.05, 4.69) is 10.3 Å². The molecule has 2 heterocycles. The van der Waals surface area contributed by atoms with Crippen molar-refractivity contribution in [3.8, 4) is 0 Å². The summed E-state index contributed by atoms with van der Waals surface area (Å²) in [5.41, 5.74) is 1.28. The third-order valence-electron chi connectivity index (χ3n) is 4.54. The van der Waals surface area contributed by atoms with Gasteiger partial charge in [0.2, 0.25) is 0 Å². The van der Waals surface area contributed by atoms with Gasteiger partial charge in [-0.2, -0.15) is 0 Å². The summed E-state index contributed by atoms with van der Waals surface area (Å²) in [7, 11) is 0. The first-order valence-corrected chi connectivity index (χ1v) is 9.08. The topological polar surface area (TPSA) is 68.1 Å². The average Bonchev–Trinajstić information content (AvgIpc) is 3.52. The number of hydrogen-bond acceptors (Lipinski definition) is 4. The molecule has 2 aliphatic carbocycles. The first-order chi connectivity index (χ1) is 14.1. The first-order valence-electron chi connectivity index (χ1n) is 9.08. The molecule has 0 atom stereocenters. The molecule has 10 radical (unpaired) electrons. The third kappa shape index (κ3) is 4.98. The Morgan fingerprint density at radius 1 is 0.900 bits per heavy atom. The molecule has 2 fully saturated rings. The van der Waals surface area contributed by atoms with Gasteiger partial charge in [0, 0.05) is 18.7 Å². The van der Waals surface area contributed by atoms with Crippen LogP contribution in [0.2, 0.25) is 0 Å². The fraction of sp³-hybridized carbons (Fsp3) is 0.0909. The molecule has 1 amide bonds. The molecule has 0 spiro atoms. The maximum atomic E-state index is 13.3. The Hall–Kier alpha value is -2.05. The predicted octanol–water partition coefficient (Wildman–Crippen LogP) is 2.42. The van der Waals surface area contributed by atoms with Crippen molar-refractivity contribution < 1.29 is 31.0 Å². The molecule has 0 bridgehead atoms. The standard InChI is InChI=1S/C17H12FN4O2.C5H5.Fe/c18-12-5-6-15-13(9-12)16(23)17(24)22(15)8-7-21-10-14(19-20-21)11-3-1-2-4-11;1-2-4-5-3-1;/h1-6,9-10H,7-8H2;1-5H;/q;;+2. The van der Waals surface area contributed by atoms with E-state index in [9.17, 15) is 14.0 Å². The molecule has 30 heavy (non-hydrogen) atoms. The number of hydrogen-bond donors (Lipinski definition) is 0. The monoisotopic (exact) mass is 444 g/mol. The molecule has 2 saturated carbocycles. The largest absolute Gasteiger partial charge is 2.00 e. The zero-order valence-corrected chi connectivity index (χ0v) is 16.9. The fourth-order valence-corrected chi connectivity index (χ4v) is 3.10. The van der Waals surface area contributed by atoms with Crippen LogP contribution in [0.3, 0.4) is 0 Å². The van der Waals surface area contributed by atoms with Gasteiger partial charge in [0.25, 0.3) is 11.7 Å². The fourth-order valence-electron chi connectivity index (χ4n) is 3.10. The number of benzene rings is 1. The van der Waals surface area contributed by atoms with E-state index in [0.717, 1.165) is 17.7 Å². The number of amides is 1. The summed E-state index contributed by atoms with van der Waals surface area (Å²) in [4.78, 5) is 25.4. The van der Waals surface area contributed by atoms with E-state index in [1.165, 1.54) is 17.0 Å². The van der Waals surface area contributed by atoms with Gasteiger partial charge in [-0.15, -0.1) is 5.10 Å². The summed E-state index contributed by atoms with van der Waals surface area (Å²) < 4.78 is 14.9. The molecule has 2 aromatic rings. The number of ketones is 1. The number of rotatable bonds is 4. The van der Waals surface area contributed by atoms with Crippen LogP contribution >= 0.6 is 0 Å². The number of carbonyl (C=O) groups excluding carboxylic acids is 2. The van der Waals surface area contributed by atoms with Crippen molar-refractivity contribution in [2.24, 2.45) is 0 Å². The van der Waals surface area contributed by atoms with Crippen molar-refractivity contribution in [1.82, 2.24) is 15.0 Å². The van der Waals surface area contributed by atoms with E-state index in [4.69, 9.17) is 0 Å². The zero-order chi connectivity index (χ0) is 20.2. The summed E-state index contributed by atoms with van der Waals surface area (Å²) in [5.74, 6) is -0.894. The van der Waals surface area contributed by atoms with Crippen molar-refractivity contribution >= 4 is 17.4 Å². The maximum absolute atomic E-state index is 13.3. The Morgan fingerprint density at radius 2 is 1.57 bits per heavy atom. The van der Waals surface area contributed by atoms with Crippen molar-refractivity contribution in [1.29, 1.82) is 0 Å². The molecule has 0 unspecified atom stereocenters. The molecule has 3 aliphatic rings. The van der Waals surface area contributed by atoms with Crippen LogP contribution < -0.4 is 4.90 Å². The summed E-state index contributed by atoms with van der Waals surface area (Å²) in [6, 6.07) is 3.78. The quantitative estimate of drug-likeness (QED) is 0.537. The van der Waals surface area contributed by atoms with Gasteiger partial charge in [0.15, 0.2) is 0 Å². The average molecular weight is 444 g/mol. The van der Waals surface area contributed by atoms with Crippen LogP contribution in [0.5, 0.6) is 0 Å². The van der Waals surface area contributed by atoms with Gasteiger partial charge < -0.3 is 4.90 Å². The SMILES string of the molecule is O=C1C(=O)N(CCn2cc([C]3[CH][CH][CH][CH]3)nn2)c2ccc(F)cc21.[CH]1[CH][CH][CH][CH]1.[Fe+2]. The summed E-state index contributed by atoms with van der Waals surface area (Å²) in [5, 5.41) is 8.12. The Kier molecular flexibility index (Phi) is 7.78. The van der Waals surface area contributed by atoms with Gasteiger partial charge >= 0.3 is 17.1 Å². The van der Waals surface area contributed by atoms with Gasteiger partial charge in [-0.3, -0.25) is 14.3 Å². The van der Waals surface area contributed by atoms with Crippen LogP contribution in [0.25, 0.3) is 0 Å². The summed E-state index contributed by atoms with van der Waals surface area (Å²) in [6.07, 6.45) is 19.5. The molecular formula is C22H17FFeN4O2+2. The Morgan fingerprint density at radius 3 is 2.23 bits per heavy atom. The minimum Gasteiger partial charge on any atom is -0.303 e. The number of Topliss-reactive ketones (excluding diaryl/α,β-unsaturated/α-hetero) is 1. The summed E-state index contributed by atoms with van der Waals surface area (Å²) >= 11 is 0. The van der Waals surface area contributed by atoms with E-state index >= 15 is 0 Å². The third-order valence-corrected chi connectivity index (χ3v) is 4.54. The normalized spacial score (nSPS) is 18.2. The van der Waals surface area contributed by atoms with E-state index < -0.39 is 17.5 Å². The minimum atomic E-state index is -0.680. The number of fused-ring (bicyclic) bond motifs is 1. The molecule has 0 saturated heterocycles. The Bertz CT molecular complexity index is 883. The number of halogens is 1. The second kappa shape index (κ2) is 10.3. The predicted molar refractivity (Wildman–Crippen MR) is 104 cm³/mol. The number of carbonyl (C=O) groups is 2. The second-order valence-electron chi connectivity index (χ2n) is 6.45. The molecule has 1 aromatic carbocycles. The molecule has 8 heteroatoms. The molecule has 1 aliphatic heterocycles.